The summed E-state index contributed by atoms with van der Waals surface area (Å²) in [5, 5.41) is 13.8. The van der Waals surface area contributed by atoms with Gasteiger partial charge in [0, 0.05) is 19.6 Å². The molecule has 2 aliphatic rings. The predicted octanol–water partition coefficient (Wildman–Crippen LogP) is 1.99. The normalized spacial score (nSPS) is 21.7. The molecule has 1 amide bonds. The van der Waals surface area contributed by atoms with Crippen molar-refractivity contribution in [2.45, 2.75) is 44.9 Å². The first kappa shape index (κ1) is 21.8. The highest BCUT2D eigenvalue weighted by atomic mass is 127. The fourth-order valence-corrected chi connectivity index (χ4v) is 3.15. The molecule has 1 fully saturated rings. The topological polar surface area (TPSA) is 90.5 Å². The number of aliphatic imine (C=N–C) groups is 1. The van der Waals surface area contributed by atoms with Crippen LogP contribution in [0.15, 0.2) is 27.8 Å². The fraction of sp³-hybridized carbons (Fsp3) is 0.667. The van der Waals surface area contributed by atoms with Gasteiger partial charge in [-0.05, 0) is 39.8 Å². The third kappa shape index (κ3) is 5.28. The molecule has 0 aromatic carbocycles. The average Bonchev–Trinajstić information content (AvgIpc) is 3.21. The van der Waals surface area contributed by atoms with Gasteiger partial charge in [0.1, 0.15) is 17.0 Å². The summed E-state index contributed by atoms with van der Waals surface area (Å²) in [5.41, 5.74) is -1.62. The van der Waals surface area contributed by atoms with Crippen molar-refractivity contribution in [2.24, 2.45) is 4.99 Å². The Labute approximate surface area is 177 Å². The number of aliphatic hydroxyl groups is 1. The van der Waals surface area contributed by atoms with E-state index in [0.29, 0.717) is 38.5 Å². The number of piperazine rings is 1. The van der Waals surface area contributed by atoms with E-state index in [-0.39, 0.29) is 36.1 Å². The number of carbonyl (C=O) groups is 1. The number of hydrogen-bond donors (Lipinski definition) is 2. The summed E-state index contributed by atoms with van der Waals surface area (Å²) in [6.07, 6.45) is 1.27. The third-order valence-electron chi connectivity index (χ3n) is 4.50. The van der Waals surface area contributed by atoms with E-state index in [1.54, 1.807) is 30.2 Å². The molecule has 27 heavy (non-hydrogen) atoms. The van der Waals surface area contributed by atoms with E-state index in [2.05, 4.69) is 15.2 Å². The van der Waals surface area contributed by atoms with Crippen molar-refractivity contribution in [3.63, 3.8) is 0 Å². The molecular weight excluding hydrogens is 463 g/mol. The number of ether oxygens (including phenoxy) is 1. The quantitative estimate of drug-likeness (QED) is 0.628. The van der Waals surface area contributed by atoms with E-state index in [9.17, 15) is 9.90 Å². The minimum Gasteiger partial charge on any atom is -0.466 e. The van der Waals surface area contributed by atoms with Gasteiger partial charge in [0.2, 0.25) is 0 Å². The Bertz CT molecular complexity index is 669. The van der Waals surface area contributed by atoms with Crippen molar-refractivity contribution in [1.82, 2.24) is 15.1 Å². The number of amides is 1. The minimum atomic E-state index is -1.12. The molecule has 1 aromatic heterocycles. The Hall–Kier alpha value is -1.49. The van der Waals surface area contributed by atoms with Crippen molar-refractivity contribution >= 4 is 36.0 Å². The Balaban J connectivity index is 0.00000261. The van der Waals surface area contributed by atoms with Gasteiger partial charge in [0.15, 0.2) is 5.96 Å². The highest BCUT2D eigenvalue weighted by Crippen LogP contribution is 2.22. The Kier molecular flexibility index (Phi) is 6.67. The van der Waals surface area contributed by atoms with Crippen LogP contribution in [0.2, 0.25) is 0 Å². The lowest BCUT2D eigenvalue weighted by Gasteiger charge is -2.39. The summed E-state index contributed by atoms with van der Waals surface area (Å²) >= 11 is 0. The molecule has 3 rings (SSSR count). The van der Waals surface area contributed by atoms with Gasteiger partial charge < -0.3 is 29.4 Å². The molecule has 0 spiro atoms. The molecule has 3 heterocycles. The van der Waals surface area contributed by atoms with Crippen molar-refractivity contribution < 1.29 is 19.1 Å². The first-order chi connectivity index (χ1) is 12.2. The molecule has 0 bridgehead atoms. The van der Waals surface area contributed by atoms with Gasteiger partial charge in [-0.2, -0.15) is 0 Å². The van der Waals surface area contributed by atoms with Gasteiger partial charge >= 0.3 is 6.09 Å². The van der Waals surface area contributed by atoms with Gasteiger partial charge in [0.25, 0.3) is 0 Å². The van der Waals surface area contributed by atoms with Crippen molar-refractivity contribution in [2.75, 3.05) is 32.7 Å². The molecule has 1 aromatic rings. The van der Waals surface area contributed by atoms with Crippen LogP contribution < -0.4 is 5.32 Å². The average molecular weight is 492 g/mol. The summed E-state index contributed by atoms with van der Waals surface area (Å²) in [7, 11) is 0. The van der Waals surface area contributed by atoms with E-state index in [1.165, 1.54) is 0 Å². The van der Waals surface area contributed by atoms with Crippen LogP contribution in [0.4, 0.5) is 4.79 Å². The van der Waals surface area contributed by atoms with Crippen LogP contribution in [0.1, 0.15) is 33.5 Å². The van der Waals surface area contributed by atoms with Crippen LogP contribution >= 0.6 is 24.0 Å². The number of furan rings is 1. The van der Waals surface area contributed by atoms with Crippen LogP contribution in [0, 0.1) is 0 Å². The van der Waals surface area contributed by atoms with Crippen molar-refractivity contribution in [3.8, 4) is 0 Å². The third-order valence-corrected chi connectivity index (χ3v) is 4.50. The lowest BCUT2D eigenvalue weighted by atomic mass is 10.0. The lowest BCUT2D eigenvalue weighted by Crippen LogP contribution is -2.58. The van der Waals surface area contributed by atoms with Crippen LogP contribution in [-0.2, 0) is 10.3 Å². The van der Waals surface area contributed by atoms with Gasteiger partial charge in [-0.25, -0.2) is 4.79 Å². The fourth-order valence-electron chi connectivity index (χ4n) is 3.15. The molecule has 1 saturated heterocycles. The SMILES string of the molecule is CC(C)(C)OC(=O)N1CCN2C(NCC(C)(O)c3ccco3)=NCC2C1.I. The first-order valence-corrected chi connectivity index (χ1v) is 8.95. The van der Waals surface area contributed by atoms with Crippen LogP contribution in [-0.4, -0.2) is 71.3 Å². The summed E-state index contributed by atoms with van der Waals surface area (Å²) in [6, 6.07) is 3.64. The van der Waals surface area contributed by atoms with Crippen molar-refractivity contribution in [1.29, 1.82) is 0 Å². The molecule has 152 valence electrons. The van der Waals surface area contributed by atoms with Gasteiger partial charge in [-0.1, -0.05) is 0 Å². The van der Waals surface area contributed by atoms with Crippen LogP contribution in [0.3, 0.4) is 0 Å². The second-order valence-electron chi connectivity index (χ2n) is 8.04. The number of guanidine groups is 1. The molecule has 8 nitrogen and oxygen atoms in total. The highest BCUT2D eigenvalue weighted by Gasteiger charge is 2.37. The van der Waals surface area contributed by atoms with E-state index < -0.39 is 11.2 Å². The molecule has 0 radical (unpaired) electrons. The molecule has 2 atom stereocenters. The number of halogens is 1. The summed E-state index contributed by atoms with van der Waals surface area (Å²) < 4.78 is 10.8. The summed E-state index contributed by atoms with van der Waals surface area (Å²) in [6.45, 7) is 10.1. The Morgan fingerprint density at radius 3 is 2.78 bits per heavy atom. The number of rotatable bonds is 3. The summed E-state index contributed by atoms with van der Waals surface area (Å²) in [4.78, 5) is 20.7. The lowest BCUT2D eigenvalue weighted by molar-refractivity contribution is 0.0134. The molecule has 9 heteroatoms. The maximum Gasteiger partial charge on any atom is 0.410 e. The molecule has 2 unspecified atom stereocenters. The number of fused-ring (bicyclic) bond motifs is 1. The van der Waals surface area contributed by atoms with Crippen LogP contribution in [0.5, 0.6) is 0 Å². The Morgan fingerprint density at radius 1 is 1.41 bits per heavy atom. The van der Waals surface area contributed by atoms with E-state index in [0.717, 1.165) is 5.96 Å². The zero-order valence-corrected chi connectivity index (χ0v) is 18.6. The van der Waals surface area contributed by atoms with E-state index in [1.807, 2.05) is 20.8 Å². The highest BCUT2D eigenvalue weighted by molar-refractivity contribution is 14.0. The standard InChI is InChI=1S/C18H28N4O4.HI/c1-17(2,3)26-16(23)21-7-8-22-13(11-21)10-19-15(22)20-12-18(4,24)14-6-5-9-25-14;/h5-6,9,13,24H,7-8,10-12H2,1-4H3,(H,19,20);1H. The van der Waals surface area contributed by atoms with Gasteiger partial charge in [0.05, 0.1) is 25.4 Å². The van der Waals surface area contributed by atoms with E-state index in [4.69, 9.17) is 9.15 Å². The van der Waals surface area contributed by atoms with Gasteiger partial charge in [-0.3, -0.25) is 4.99 Å². The number of nitrogens with one attached hydrogen (secondary N) is 1. The molecule has 2 aliphatic heterocycles. The van der Waals surface area contributed by atoms with Crippen molar-refractivity contribution in [3.05, 3.63) is 24.2 Å². The minimum absolute atomic E-state index is 0. The maximum absolute atomic E-state index is 12.3. The second kappa shape index (κ2) is 8.26. The number of hydrogen-bond acceptors (Lipinski definition) is 7. The second-order valence-corrected chi connectivity index (χ2v) is 8.04. The zero-order chi connectivity index (χ0) is 18.9. The monoisotopic (exact) mass is 492 g/mol. The number of carbonyl (C=O) groups excluding carboxylic acids is 1. The maximum atomic E-state index is 12.3. The first-order valence-electron chi connectivity index (χ1n) is 8.95. The van der Waals surface area contributed by atoms with Gasteiger partial charge in [-0.15, -0.1) is 24.0 Å². The van der Waals surface area contributed by atoms with Crippen LogP contribution in [0.25, 0.3) is 0 Å². The molecular formula is C18H29IN4O4. The summed E-state index contributed by atoms with van der Waals surface area (Å²) in [5.74, 6) is 1.26. The molecule has 0 aliphatic carbocycles. The number of nitrogens with zero attached hydrogens (tertiary/aromatic N) is 3. The van der Waals surface area contributed by atoms with E-state index >= 15 is 0 Å². The molecule has 0 saturated carbocycles. The zero-order valence-electron chi connectivity index (χ0n) is 16.3. The Morgan fingerprint density at radius 2 is 2.15 bits per heavy atom. The predicted molar refractivity (Wildman–Crippen MR) is 112 cm³/mol. The largest absolute Gasteiger partial charge is 0.466 e. The smallest absolute Gasteiger partial charge is 0.410 e. The molecule has 2 N–H and O–H groups in total.